The Kier molecular flexibility index (Phi) is 6.14. The van der Waals surface area contributed by atoms with E-state index in [2.05, 4.69) is 29.6 Å². The van der Waals surface area contributed by atoms with Crippen molar-refractivity contribution in [2.24, 2.45) is 0 Å². The molecule has 0 aromatic carbocycles. The van der Waals surface area contributed by atoms with Crippen molar-refractivity contribution in [2.45, 2.75) is 64.8 Å². The SMILES string of the molecule is CCCCCCCC(CC)n1ccnc1. The molecule has 1 rings (SSSR count). The topological polar surface area (TPSA) is 17.8 Å². The van der Waals surface area contributed by atoms with Gasteiger partial charge in [-0.05, 0) is 12.8 Å². The lowest BCUT2D eigenvalue weighted by Crippen LogP contribution is -2.05. The molecule has 0 fully saturated rings. The van der Waals surface area contributed by atoms with E-state index >= 15 is 0 Å². The van der Waals surface area contributed by atoms with Crippen LogP contribution in [0.5, 0.6) is 0 Å². The summed E-state index contributed by atoms with van der Waals surface area (Å²) in [6.07, 6.45) is 15.3. The maximum Gasteiger partial charge on any atom is 0.0948 e. The van der Waals surface area contributed by atoms with Crippen LogP contribution in [-0.2, 0) is 0 Å². The van der Waals surface area contributed by atoms with Crippen LogP contribution in [-0.4, -0.2) is 9.55 Å². The monoisotopic (exact) mass is 208 g/mol. The lowest BCUT2D eigenvalue weighted by atomic mass is 10.0. The number of hydrogen-bond donors (Lipinski definition) is 0. The second kappa shape index (κ2) is 7.49. The molecule has 0 radical (unpaired) electrons. The van der Waals surface area contributed by atoms with E-state index in [1.165, 1.54) is 44.9 Å². The van der Waals surface area contributed by atoms with E-state index in [9.17, 15) is 0 Å². The zero-order valence-electron chi connectivity index (χ0n) is 10.2. The molecule has 1 atom stereocenters. The maximum atomic E-state index is 4.11. The Bertz CT molecular complexity index is 229. The summed E-state index contributed by atoms with van der Waals surface area (Å²) in [6, 6.07) is 0.661. The average Bonchev–Trinajstić information content (AvgIpc) is 2.77. The largest absolute Gasteiger partial charge is 0.334 e. The summed E-state index contributed by atoms with van der Waals surface area (Å²) in [6.45, 7) is 4.52. The van der Waals surface area contributed by atoms with Crippen molar-refractivity contribution in [3.8, 4) is 0 Å². The Hall–Kier alpha value is -0.790. The van der Waals surface area contributed by atoms with Gasteiger partial charge in [-0.1, -0.05) is 46.0 Å². The van der Waals surface area contributed by atoms with Gasteiger partial charge in [0.2, 0.25) is 0 Å². The van der Waals surface area contributed by atoms with Gasteiger partial charge in [-0.3, -0.25) is 0 Å². The van der Waals surface area contributed by atoms with Crippen LogP contribution in [0, 0.1) is 0 Å². The van der Waals surface area contributed by atoms with Crippen molar-refractivity contribution < 1.29 is 0 Å². The fourth-order valence-corrected chi connectivity index (χ4v) is 2.03. The first kappa shape index (κ1) is 12.3. The van der Waals surface area contributed by atoms with E-state index in [1.807, 2.05) is 12.5 Å². The molecule has 0 aliphatic rings. The first-order chi connectivity index (χ1) is 7.38. The second-order valence-electron chi connectivity index (χ2n) is 4.27. The molecule has 0 saturated heterocycles. The van der Waals surface area contributed by atoms with E-state index in [4.69, 9.17) is 0 Å². The molecule has 86 valence electrons. The Morgan fingerprint density at radius 1 is 1.13 bits per heavy atom. The summed E-state index contributed by atoms with van der Waals surface area (Å²) in [7, 11) is 0. The van der Waals surface area contributed by atoms with Gasteiger partial charge >= 0.3 is 0 Å². The molecule has 0 amide bonds. The molecular formula is C13H24N2. The fraction of sp³-hybridized carbons (Fsp3) is 0.769. The first-order valence-corrected chi connectivity index (χ1v) is 6.36. The van der Waals surface area contributed by atoms with Crippen LogP contribution in [0.15, 0.2) is 18.7 Å². The molecule has 0 bridgehead atoms. The number of aromatic nitrogens is 2. The lowest BCUT2D eigenvalue weighted by Gasteiger charge is -2.15. The summed E-state index contributed by atoms with van der Waals surface area (Å²) < 4.78 is 2.25. The molecule has 0 N–H and O–H groups in total. The average molecular weight is 208 g/mol. The third-order valence-corrected chi connectivity index (χ3v) is 3.06. The second-order valence-corrected chi connectivity index (χ2v) is 4.27. The molecule has 0 spiro atoms. The van der Waals surface area contributed by atoms with Crippen LogP contribution >= 0.6 is 0 Å². The number of hydrogen-bond acceptors (Lipinski definition) is 1. The Balaban J connectivity index is 2.18. The van der Waals surface area contributed by atoms with Gasteiger partial charge in [0.05, 0.1) is 6.33 Å². The van der Waals surface area contributed by atoms with E-state index in [1.54, 1.807) is 0 Å². The smallest absolute Gasteiger partial charge is 0.0948 e. The number of imidazole rings is 1. The van der Waals surface area contributed by atoms with E-state index in [-0.39, 0.29) is 0 Å². The van der Waals surface area contributed by atoms with Crippen molar-refractivity contribution in [1.29, 1.82) is 0 Å². The predicted octanol–water partition coefficient (Wildman–Crippen LogP) is 4.19. The van der Waals surface area contributed by atoms with E-state index < -0.39 is 0 Å². The Morgan fingerprint density at radius 2 is 1.93 bits per heavy atom. The van der Waals surface area contributed by atoms with Crippen LogP contribution in [0.3, 0.4) is 0 Å². The predicted molar refractivity (Wildman–Crippen MR) is 64.9 cm³/mol. The van der Waals surface area contributed by atoms with Gasteiger partial charge in [0.25, 0.3) is 0 Å². The molecule has 2 heteroatoms. The molecule has 1 heterocycles. The van der Waals surface area contributed by atoms with Gasteiger partial charge in [0.1, 0.15) is 0 Å². The molecule has 1 unspecified atom stereocenters. The van der Waals surface area contributed by atoms with Crippen molar-refractivity contribution in [1.82, 2.24) is 9.55 Å². The highest BCUT2D eigenvalue weighted by molar-refractivity contribution is 4.79. The highest BCUT2D eigenvalue weighted by Gasteiger charge is 2.06. The molecule has 1 aromatic heterocycles. The molecule has 0 saturated carbocycles. The molecule has 2 nitrogen and oxygen atoms in total. The normalized spacial score (nSPS) is 12.9. The fourth-order valence-electron chi connectivity index (χ4n) is 2.03. The highest BCUT2D eigenvalue weighted by Crippen LogP contribution is 2.19. The molecule has 1 aromatic rings. The minimum absolute atomic E-state index is 0.661. The lowest BCUT2D eigenvalue weighted by molar-refractivity contribution is 0.426. The number of rotatable bonds is 8. The minimum Gasteiger partial charge on any atom is -0.334 e. The van der Waals surface area contributed by atoms with Gasteiger partial charge in [-0.25, -0.2) is 4.98 Å². The van der Waals surface area contributed by atoms with Crippen LogP contribution in [0.1, 0.15) is 64.8 Å². The minimum atomic E-state index is 0.661. The number of unbranched alkanes of at least 4 members (excludes halogenated alkanes) is 4. The summed E-state index contributed by atoms with van der Waals surface area (Å²) in [4.78, 5) is 4.11. The van der Waals surface area contributed by atoms with Gasteiger partial charge in [0.15, 0.2) is 0 Å². The summed E-state index contributed by atoms with van der Waals surface area (Å²) in [5.74, 6) is 0. The van der Waals surface area contributed by atoms with Crippen molar-refractivity contribution in [2.75, 3.05) is 0 Å². The van der Waals surface area contributed by atoms with Crippen LogP contribution in [0.4, 0.5) is 0 Å². The summed E-state index contributed by atoms with van der Waals surface area (Å²) in [5.41, 5.74) is 0. The number of nitrogens with zero attached hydrogens (tertiary/aromatic N) is 2. The van der Waals surface area contributed by atoms with Gasteiger partial charge in [-0.2, -0.15) is 0 Å². The van der Waals surface area contributed by atoms with Crippen LogP contribution in [0.2, 0.25) is 0 Å². The van der Waals surface area contributed by atoms with Crippen molar-refractivity contribution >= 4 is 0 Å². The molecular weight excluding hydrogens is 184 g/mol. The van der Waals surface area contributed by atoms with Gasteiger partial charge < -0.3 is 4.57 Å². The quantitative estimate of drug-likeness (QED) is 0.586. The molecule has 0 aliphatic heterocycles. The molecule has 15 heavy (non-hydrogen) atoms. The van der Waals surface area contributed by atoms with Gasteiger partial charge in [0, 0.05) is 18.4 Å². The van der Waals surface area contributed by atoms with Crippen molar-refractivity contribution in [3.05, 3.63) is 18.7 Å². The zero-order chi connectivity index (χ0) is 10.9. The molecule has 0 aliphatic carbocycles. The Morgan fingerprint density at radius 3 is 2.53 bits per heavy atom. The van der Waals surface area contributed by atoms with Crippen LogP contribution in [0.25, 0.3) is 0 Å². The highest BCUT2D eigenvalue weighted by atomic mass is 15.0. The maximum absolute atomic E-state index is 4.11. The first-order valence-electron chi connectivity index (χ1n) is 6.36. The van der Waals surface area contributed by atoms with Crippen molar-refractivity contribution in [3.63, 3.8) is 0 Å². The third kappa shape index (κ3) is 4.50. The van der Waals surface area contributed by atoms with Gasteiger partial charge in [-0.15, -0.1) is 0 Å². The van der Waals surface area contributed by atoms with E-state index in [0.717, 1.165) is 0 Å². The summed E-state index contributed by atoms with van der Waals surface area (Å²) >= 11 is 0. The van der Waals surface area contributed by atoms with E-state index in [0.29, 0.717) is 6.04 Å². The third-order valence-electron chi connectivity index (χ3n) is 3.06. The summed E-state index contributed by atoms with van der Waals surface area (Å²) in [5, 5.41) is 0. The van der Waals surface area contributed by atoms with Crippen LogP contribution < -0.4 is 0 Å². The zero-order valence-corrected chi connectivity index (χ0v) is 10.2. The Labute approximate surface area is 93.7 Å². The standard InChI is InChI=1S/C13H24N2/c1-3-5-6-7-8-9-13(4-2)15-11-10-14-12-15/h10-13H,3-9H2,1-2H3.